The Kier molecular flexibility index (Phi) is 37.3. The number of carbonyl (C=O) groups is 7. The Bertz CT molecular complexity index is 1070. The molecule has 0 bridgehead atoms. The van der Waals surface area contributed by atoms with Gasteiger partial charge in [-0.2, -0.15) is 0 Å². The number of guanidine groups is 1. The Morgan fingerprint density at radius 2 is 0.938 bits per heavy atom. The van der Waals surface area contributed by atoms with Gasteiger partial charge in [-0.1, -0.05) is 30.3 Å². The first-order valence-electron chi connectivity index (χ1n) is 13.1. The fraction of sp³-hybridized carbons (Fsp3) is 0.440. The minimum absolute atomic E-state index is 0.0129. The Hall–Kier alpha value is -5.46. The predicted molar refractivity (Wildman–Crippen MR) is 169 cm³/mol. The molecule has 0 aliphatic carbocycles. The number of nitrogens with two attached hydrogens (primary N) is 8. The van der Waals surface area contributed by atoms with Crippen LogP contribution in [0.15, 0.2) is 35.3 Å². The summed E-state index contributed by atoms with van der Waals surface area (Å²) in [7, 11) is 0. The number of carboxylic acids is 7. The Morgan fingerprint density at radius 3 is 1.19 bits per heavy atom. The van der Waals surface area contributed by atoms with Crippen LogP contribution in [-0.2, 0) is 40.0 Å². The molecular formula is C25H47N9O14. The maximum atomic E-state index is 10.4. The molecule has 0 aliphatic heterocycles. The van der Waals surface area contributed by atoms with Crippen LogP contribution in [0.25, 0.3) is 0 Å². The number of hydrogen-bond acceptors (Lipinski definition) is 14. The minimum Gasteiger partial charge on any atom is -0.481 e. The van der Waals surface area contributed by atoms with Gasteiger partial charge in [0.15, 0.2) is 5.96 Å². The summed E-state index contributed by atoms with van der Waals surface area (Å²) in [5, 5.41) is 55.7. The molecule has 0 spiro atoms. The molecule has 23 heteroatoms. The molecule has 1 aromatic carbocycles. The Balaban J connectivity index is -0.000000161. The number of hydrogen-bond donors (Lipinski definition) is 15. The lowest BCUT2D eigenvalue weighted by atomic mass is 10.1. The van der Waals surface area contributed by atoms with Gasteiger partial charge in [0.05, 0.1) is 26.1 Å². The average molecular weight is 698 g/mol. The molecule has 0 heterocycles. The minimum atomic E-state index is -1.29. The van der Waals surface area contributed by atoms with Crippen LogP contribution in [0, 0.1) is 0 Å². The van der Waals surface area contributed by atoms with Gasteiger partial charge < -0.3 is 81.6 Å². The summed E-state index contributed by atoms with van der Waals surface area (Å²) in [6, 6.07) is 6.43. The lowest BCUT2D eigenvalue weighted by Gasteiger charge is -2.04. The van der Waals surface area contributed by atoms with E-state index in [9.17, 15) is 33.6 Å². The largest absolute Gasteiger partial charge is 0.481 e. The van der Waals surface area contributed by atoms with Gasteiger partial charge in [0.1, 0.15) is 18.1 Å². The van der Waals surface area contributed by atoms with Crippen molar-refractivity contribution in [1.82, 2.24) is 0 Å². The van der Waals surface area contributed by atoms with Crippen LogP contribution in [-0.4, -0.2) is 128 Å². The second kappa shape index (κ2) is 34.4. The van der Waals surface area contributed by atoms with Crippen molar-refractivity contribution >= 4 is 47.7 Å². The molecule has 0 fully saturated rings. The summed E-state index contributed by atoms with van der Waals surface area (Å²) < 4.78 is 0. The lowest BCUT2D eigenvalue weighted by Crippen LogP contribution is -2.32. The highest BCUT2D eigenvalue weighted by Gasteiger charge is 2.14. The molecule has 3 atom stereocenters. The van der Waals surface area contributed by atoms with Crippen LogP contribution in [0.5, 0.6) is 0 Å². The zero-order chi connectivity index (χ0) is 38.8. The molecule has 23 N–H and O–H groups in total. The summed E-state index contributed by atoms with van der Waals surface area (Å²) in [5.74, 6) is -7.35. The third-order valence-electron chi connectivity index (χ3n) is 4.14. The van der Waals surface area contributed by atoms with Crippen molar-refractivity contribution in [1.29, 1.82) is 0 Å². The standard InChI is InChI=1S/C9H11NO2.C6H14N4O2.C4H7NO4.3C2H5NO2/c10-8(9(11)12)6-7-4-2-1-3-5-7;7-4(5(11)12)2-1-3-10-6(8)9;5-2(4(8)9)1-3(6)7;3*3-1-2(4)5/h1-5,8H,6,10H2,(H,11,12);4H,1-3,7H2,(H,11,12)(H4,8,9,10);2H,1,5H2,(H,6,7)(H,8,9);3*1,3H2,(H,4,5). The van der Waals surface area contributed by atoms with Crippen LogP contribution in [0.2, 0.25) is 0 Å². The fourth-order valence-electron chi connectivity index (χ4n) is 1.87. The van der Waals surface area contributed by atoms with Gasteiger partial charge in [-0.3, -0.25) is 38.6 Å². The summed E-state index contributed by atoms with van der Waals surface area (Å²) in [6.45, 7) is -0.413. The van der Waals surface area contributed by atoms with Crippen LogP contribution in [0.1, 0.15) is 24.8 Å². The second-order valence-electron chi connectivity index (χ2n) is 8.36. The normalized spacial score (nSPS) is 10.8. The second-order valence-corrected chi connectivity index (χ2v) is 8.36. The van der Waals surface area contributed by atoms with Gasteiger partial charge in [-0.25, -0.2) is 0 Å². The summed E-state index contributed by atoms with van der Waals surface area (Å²) in [5.41, 5.74) is 40.2. The van der Waals surface area contributed by atoms with Crippen LogP contribution < -0.4 is 45.9 Å². The molecule has 0 aromatic heterocycles. The molecule has 1 rings (SSSR count). The molecule has 3 unspecified atom stereocenters. The monoisotopic (exact) mass is 697 g/mol. The van der Waals surface area contributed by atoms with Crippen molar-refractivity contribution in [3.63, 3.8) is 0 Å². The fourth-order valence-corrected chi connectivity index (χ4v) is 1.87. The SMILES string of the molecule is NC(CC(=O)O)C(=O)O.NC(Cc1ccccc1)C(=O)O.NC(N)=NCCCC(N)C(=O)O.NCC(=O)O.NCC(=O)O.NCC(=O)O. The number of rotatable bonds is 14. The first-order chi connectivity index (χ1) is 22.1. The van der Waals surface area contributed by atoms with Gasteiger partial charge in [0.25, 0.3) is 0 Å². The summed E-state index contributed by atoms with van der Waals surface area (Å²) in [6.07, 6.45) is 0.809. The highest BCUT2D eigenvalue weighted by atomic mass is 16.4. The average Bonchev–Trinajstić information content (AvgIpc) is 3.00. The van der Waals surface area contributed by atoms with E-state index in [1.54, 1.807) is 0 Å². The van der Waals surface area contributed by atoms with Crippen molar-refractivity contribution in [2.24, 2.45) is 50.9 Å². The molecule has 0 aliphatic rings. The van der Waals surface area contributed by atoms with E-state index in [1.807, 2.05) is 30.3 Å². The summed E-state index contributed by atoms with van der Waals surface area (Å²) in [4.78, 5) is 71.6. The highest BCUT2D eigenvalue weighted by molar-refractivity contribution is 5.80. The van der Waals surface area contributed by atoms with Crippen molar-refractivity contribution in [2.75, 3.05) is 26.2 Å². The lowest BCUT2D eigenvalue weighted by molar-refractivity contribution is -0.144. The molecule has 48 heavy (non-hydrogen) atoms. The van der Waals surface area contributed by atoms with Crippen LogP contribution in [0.3, 0.4) is 0 Å². The first kappa shape index (κ1) is 52.1. The summed E-state index contributed by atoms with van der Waals surface area (Å²) >= 11 is 0. The smallest absolute Gasteiger partial charge is 0.321 e. The van der Waals surface area contributed by atoms with E-state index < -0.39 is 66.3 Å². The molecule has 0 amide bonds. The number of benzene rings is 1. The number of aliphatic carboxylic acids is 7. The highest BCUT2D eigenvalue weighted by Crippen LogP contribution is 2.01. The zero-order valence-electron chi connectivity index (χ0n) is 25.8. The maximum absolute atomic E-state index is 10.4. The molecule has 23 nitrogen and oxygen atoms in total. The zero-order valence-corrected chi connectivity index (χ0v) is 25.8. The number of nitrogens with zero attached hydrogens (tertiary/aromatic N) is 1. The first-order valence-corrected chi connectivity index (χ1v) is 13.1. The third-order valence-corrected chi connectivity index (χ3v) is 4.14. The van der Waals surface area contributed by atoms with Crippen molar-refractivity contribution < 1.29 is 69.3 Å². The van der Waals surface area contributed by atoms with E-state index in [0.29, 0.717) is 25.8 Å². The van der Waals surface area contributed by atoms with Gasteiger partial charge in [-0.15, -0.1) is 0 Å². The van der Waals surface area contributed by atoms with E-state index in [0.717, 1.165) is 5.56 Å². The van der Waals surface area contributed by atoms with E-state index in [2.05, 4.69) is 22.2 Å². The van der Waals surface area contributed by atoms with Crippen molar-refractivity contribution in [3.05, 3.63) is 35.9 Å². The van der Waals surface area contributed by atoms with E-state index >= 15 is 0 Å². The maximum Gasteiger partial charge on any atom is 0.321 e. The number of carboxylic acid groups (broad SMARTS) is 7. The molecular weight excluding hydrogens is 650 g/mol. The van der Waals surface area contributed by atoms with Crippen LogP contribution in [0.4, 0.5) is 0 Å². The van der Waals surface area contributed by atoms with Gasteiger partial charge in [0.2, 0.25) is 0 Å². The molecule has 0 saturated heterocycles. The Labute approximate surface area is 274 Å². The van der Waals surface area contributed by atoms with E-state index in [-0.39, 0.29) is 25.6 Å². The van der Waals surface area contributed by atoms with Crippen molar-refractivity contribution in [3.8, 4) is 0 Å². The Morgan fingerprint density at radius 1 is 0.583 bits per heavy atom. The van der Waals surface area contributed by atoms with Crippen LogP contribution >= 0.6 is 0 Å². The number of aliphatic imine (C=N–C) groups is 1. The molecule has 1 aromatic rings. The third kappa shape index (κ3) is 50.2. The van der Waals surface area contributed by atoms with Gasteiger partial charge in [-0.05, 0) is 24.8 Å². The van der Waals surface area contributed by atoms with Gasteiger partial charge >= 0.3 is 41.8 Å². The quantitative estimate of drug-likeness (QED) is 0.0491. The van der Waals surface area contributed by atoms with Crippen molar-refractivity contribution in [2.45, 2.75) is 43.8 Å². The van der Waals surface area contributed by atoms with Gasteiger partial charge in [0, 0.05) is 6.54 Å². The molecule has 276 valence electrons. The topological polar surface area (TPSA) is 482 Å². The van der Waals surface area contributed by atoms with E-state index in [4.69, 9.17) is 64.4 Å². The molecule has 0 saturated carbocycles. The molecule has 0 radical (unpaired) electrons. The van der Waals surface area contributed by atoms with E-state index in [1.165, 1.54) is 0 Å². The predicted octanol–water partition coefficient (Wildman–Crippen LogP) is -4.95.